The second-order valence-corrected chi connectivity index (χ2v) is 6.66. The van der Waals surface area contributed by atoms with Crippen LogP contribution in [0.4, 0.5) is 0 Å². The zero-order valence-corrected chi connectivity index (χ0v) is 12.4. The molecule has 0 fully saturated rings. The molecule has 0 saturated heterocycles. The molecule has 0 aromatic heterocycles. The van der Waals surface area contributed by atoms with Crippen LogP contribution in [-0.2, 0) is 24.4 Å². The third-order valence-corrected chi connectivity index (χ3v) is 3.32. The van der Waals surface area contributed by atoms with Gasteiger partial charge in [-0.1, -0.05) is 39.0 Å². The summed E-state index contributed by atoms with van der Waals surface area (Å²) in [6.07, 6.45) is 7.55. The number of rotatable bonds is 11. The highest BCUT2D eigenvalue weighted by Crippen LogP contribution is 2.06. The highest BCUT2D eigenvalue weighted by Gasteiger charge is 2.02. The van der Waals surface area contributed by atoms with Crippen LogP contribution in [0.15, 0.2) is 0 Å². The first-order chi connectivity index (χ1) is 7.95. The van der Waals surface area contributed by atoms with Crippen molar-refractivity contribution in [1.29, 1.82) is 0 Å². The molecule has 0 aliphatic carbocycles. The molecule has 17 heavy (non-hydrogen) atoms. The molecule has 0 radical (unpaired) electrons. The average molecular weight is 283 g/mol. The molecule has 4 nitrogen and oxygen atoms in total. The summed E-state index contributed by atoms with van der Waals surface area (Å²) in [4.78, 5) is 0. The molecule has 6 heteroatoms. The Kier molecular flexibility index (Phi) is 10.3. The van der Waals surface area contributed by atoms with Crippen molar-refractivity contribution < 1.29 is 12.9 Å². The van der Waals surface area contributed by atoms with Crippen LogP contribution >= 0.6 is 0 Å². The maximum atomic E-state index is 10.6. The minimum absolute atomic E-state index is 0.180. The van der Waals surface area contributed by atoms with Gasteiger partial charge in [-0.15, -0.1) is 0 Å². The lowest BCUT2D eigenvalue weighted by Gasteiger charge is -2.13. The van der Waals surface area contributed by atoms with E-state index >= 15 is 0 Å². The molecule has 0 aliphatic rings. The van der Waals surface area contributed by atoms with Crippen LogP contribution in [0.5, 0.6) is 0 Å². The van der Waals surface area contributed by atoms with E-state index in [0.29, 0.717) is 12.6 Å². The van der Waals surface area contributed by atoms with Crippen LogP contribution in [0.2, 0.25) is 0 Å². The predicted octanol–water partition coefficient (Wildman–Crippen LogP) is 2.48. The monoisotopic (exact) mass is 283 g/mol. The van der Waals surface area contributed by atoms with Crippen LogP contribution in [-0.4, -0.2) is 28.0 Å². The lowest BCUT2D eigenvalue weighted by Crippen LogP contribution is -2.29. The van der Waals surface area contributed by atoms with Crippen LogP contribution < -0.4 is 5.32 Å². The van der Waals surface area contributed by atoms with Crippen molar-refractivity contribution in [1.82, 2.24) is 5.32 Å². The van der Waals surface area contributed by atoms with Gasteiger partial charge in [-0.2, -0.15) is 4.21 Å². The Morgan fingerprint density at radius 3 is 2.59 bits per heavy atom. The fourth-order valence-electron chi connectivity index (χ4n) is 1.61. The maximum absolute atomic E-state index is 10.6. The van der Waals surface area contributed by atoms with Crippen molar-refractivity contribution in [3.05, 3.63) is 0 Å². The van der Waals surface area contributed by atoms with Gasteiger partial charge in [0.05, 0.1) is 6.61 Å². The van der Waals surface area contributed by atoms with Crippen LogP contribution in [0.3, 0.4) is 0 Å². The van der Waals surface area contributed by atoms with Gasteiger partial charge < -0.3 is 5.32 Å². The summed E-state index contributed by atoms with van der Waals surface area (Å²) in [5.41, 5.74) is 0. The third kappa shape index (κ3) is 14.2. The van der Waals surface area contributed by atoms with E-state index in [4.69, 9.17) is 4.55 Å². The number of hydrogen-bond acceptors (Lipinski definition) is 4. The molecule has 0 aliphatic heterocycles. The zero-order chi connectivity index (χ0) is 13.1. The Morgan fingerprint density at radius 2 is 2.00 bits per heavy atom. The summed E-state index contributed by atoms with van der Waals surface area (Å²) in [6, 6.07) is 0.417. The van der Waals surface area contributed by atoms with Gasteiger partial charge in [0.25, 0.3) is 9.05 Å². The van der Waals surface area contributed by atoms with Gasteiger partial charge >= 0.3 is 0 Å². The van der Waals surface area contributed by atoms with Gasteiger partial charge in [-0.25, -0.2) is 0 Å². The SMILES string of the molecule is CCCCCCC[C@H](C)NCCOS(=O)(O)=S. The Balaban J connectivity index is 3.32. The predicted molar refractivity (Wildman–Crippen MR) is 74.9 cm³/mol. The molecule has 2 atom stereocenters. The molecule has 0 spiro atoms. The standard InChI is InChI=1S/C11H25NO3S2/c1-3-4-5-6-7-8-11(2)12-9-10-15-17(13,14)16/h11-12H,3-10H2,1-2H3,(H,13,14,16)/t11-/m0/s1. The Hall–Kier alpha value is 0.250. The van der Waals surface area contributed by atoms with E-state index in [1.165, 1.54) is 32.1 Å². The van der Waals surface area contributed by atoms with Crippen LogP contribution in [0.25, 0.3) is 0 Å². The molecule has 1 unspecified atom stereocenters. The smallest absolute Gasteiger partial charge is 0.266 e. The van der Waals surface area contributed by atoms with Crippen LogP contribution in [0, 0.1) is 0 Å². The molecule has 0 heterocycles. The topological polar surface area (TPSA) is 58.6 Å². The molecular weight excluding hydrogens is 258 g/mol. The minimum Gasteiger partial charge on any atom is -0.312 e. The Bertz CT molecular complexity index is 268. The molecule has 0 aromatic carbocycles. The summed E-state index contributed by atoms with van der Waals surface area (Å²) in [6.45, 7) is 5.07. The van der Waals surface area contributed by atoms with Crippen molar-refractivity contribution in [3.63, 3.8) is 0 Å². The minimum atomic E-state index is -3.46. The summed E-state index contributed by atoms with van der Waals surface area (Å²) in [5, 5.41) is 3.24. The van der Waals surface area contributed by atoms with Crippen molar-refractivity contribution in [2.45, 2.75) is 58.4 Å². The molecule has 0 amide bonds. The summed E-state index contributed by atoms with van der Waals surface area (Å²) >= 11 is 4.21. The van der Waals surface area contributed by atoms with Gasteiger partial charge in [0, 0.05) is 23.8 Å². The summed E-state index contributed by atoms with van der Waals surface area (Å²) in [7, 11) is -3.46. The Morgan fingerprint density at radius 1 is 1.35 bits per heavy atom. The van der Waals surface area contributed by atoms with Gasteiger partial charge in [0.15, 0.2) is 0 Å². The summed E-state index contributed by atoms with van der Waals surface area (Å²) in [5.74, 6) is 0. The zero-order valence-electron chi connectivity index (χ0n) is 10.8. The Labute approximate surface area is 110 Å². The highest BCUT2D eigenvalue weighted by molar-refractivity contribution is 8.27. The van der Waals surface area contributed by atoms with Gasteiger partial charge in [0.1, 0.15) is 0 Å². The first kappa shape index (κ1) is 17.2. The van der Waals surface area contributed by atoms with Gasteiger partial charge in [0.2, 0.25) is 0 Å². The van der Waals surface area contributed by atoms with Crippen molar-refractivity contribution in [2.24, 2.45) is 0 Å². The van der Waals surface area contributed by atoms with E-state index in [1.807, 2.05) is 0 Å². The van der Waals surface area contributed by atoms with E-state index in [0.717, 1.165) is 6.42 Å². The fraction of sp³-hybridized carbons (Fsp3) is 1.00. The van der Waals surface area contributed by atoms with E-state index in [9.17, 15) is 4.21 Å². The quantitative estimate of drug-likeness (QED) is 0.571. The van der Waals surface area contributed by atoms with E-state index in [-0.39, 0.29) is 6.61 Å². The van der Waals surface area contributed by atoms with Crippen molar-refractivity contribution in [3.8, 4) is 0 Å². The second kappa shape index (κ2) is 10.2. The third-order valence-electron chi connectivity index (χ3n) is 2.57. The van der Waals surface area contributed by atoms with E-state index in [2.05, 4.69) is 34.5 Å². The number of unbranched alkanes of at least 4 members (excludes halogenated alkanes) is 4. The largest absolute Gasteiger partial charge is 0.312 e. The van der Waals surface area contributed by atoms with Crippen molar-refractivity contribution >= 4 is 20.2 Å². The normalized spacial score (nSPS) is 16.6. The molecule has 0 rings (SSSR count). The molecule has 0 bridgehead atoms. The van der Waals surface area contributed by atoms with Crippen LogP contribution in [0.1, 0.15) is 52.4 Å². The first-order valence-electron chi connectivity index (χ1n) is 6.31. The molecule has 2 N–H and O–H groups in total. The summed E-state index contributed by atoms with van der Waals surface area (Å²) < 4.78 is 23.9. The van der Waals surface area contributed by atoms with Gasteiger partial charge in [-0.3, -0.25) is 8.74 Å². The first-order valence-corrected chi connectivity index (χ1v) is 8.67. The highest BCUT2D eigenvalue weighted by atomic mass is 32.9. The molecular formula is C11H25NO3S2. The lowest BCUT2D eigenvalue weighted by molar-refractivity contribution is 0.294. The molecule has 0 aromatic rings. The second-order valence-electron chi connectivity index (χ2n) is 4.31. The lowest BCUT2D eigenvalue weighted by atomic mass is 10.1. The fourth-order valence-corrected chi connectivity index (χ4v) is 2.11. The van der Waals surface area contributed by atoms with Crippen molar-refractivity contribution in [2.75, 3.05) is 13.2 Å². The van der Waals surface area contributed by atoms with E-state index in [1.54, 1.807) is 0 Å². The number of hydrogen-bond donors (Lipinski definition) is 2. The number of nitrogens with one attached hydrogen (secondary N) is 1. The molecule has 0 saturated carbocycles. The maximum Gasteiger partial charge on any atom is 0.266 e. The average Bonchev–Trinajstić information content (AvgIpc) is 2.23. The van der Waals surface area contributed by atoms with E-state index < -0.39 is 9.05 Å². The van der Waals surface area contributed by atoms with Gasteiger partial charge in [-0.05, 0) is 13.3 Å². The molecule has 104 valence electrons.